The van der Waals surface area contributed by atoms with Gasteiger partial charge in [0.05, 0.1) is 9.88 Å². The fraction of sp³-hybridized carbons (Fsp3) is 0.786. The van der Waals surface area contributed by atoms with Crippen LogP contribution < -0.4 is 5.32 Å². The van der Waals surface area contributed by atoms with Crippen molar-refractivity contribution in [3.63, 3.8) is 0 Å². The summed E-state index contributed by atoms with van der Waals surface area (Å²) in [6.07, 6.45) is -2.90. The zero-order chi connectivity index (χ0) is 15.7. The molecule has 0 saturated carbocycles. The molecular formula is C14H21F3N2OS. The van der Waals surface area contributed by atoms with Gasteiger partial charge in [-0.15, -0.1) is 11.3 Å². The highest BCUT2D eigenvalue weighted by atomic mass is 32.1. The molecule has 21 heavy (non-hydrogen) atoms. The first kappa shape index (κ1) is 16.7. The number of nitrogens with one attached hydrogen (secondary N) is 1. The number of alkyl halides is 3. The molecule has 0 amide bonds. The van der Waals surface area contributed by atoms with Gasteiger partial charge in [0, 0.05) is 31.2 Å². The van der Waals surface area contributed by atoms with Gasteiger partial charge in [-0.1, -0.05) is 0 Å². The average Bonchev–Trinajstić information content (AvgIpc) is 2.81. The van der Waals surface area contributed by atoms with Crippen molar-refractivity contribution in [1.29, 1.82) is 0 Å². The molecule has 0 unspecified atom stereocenters. The lowest BCUT2D eigenvalue weighted by atomic mass is 10.0. The number of rotatable bonds is 3. The van der Waals surface area contributed by atoms with Crippen LogP contribution in [-0.4, -0.2) is 23.7 Å². The molecule has 1 aromatic rings. The van der Waals surface area contributed by atoms with Crippen LogP contribution in [0.15, 0.2) is 0 Å². The maximum atomic E-state index is 13.1. The van der Waals surface area contributed by atoms with E-state index in [2.05, 4.69) is 10.3 Å². The molecule has 0 atom stereocenters. The third-order valence-corrected chi connectivity index (χ3v) is 4.55. The summed E-state index contributed by atoms with van der Waals surface area (Å²) in [6, 6.07) is 0. The fourth-order valence-corrected chi connectivity index (χ4v) is 3.37. The molecule has 0 aromatic carbocycles. The van der Waals surface area contributed by atoms with Crippen molar-refractivity contribution in [2.45, 2.75) is 57.8 Å². The van der Waals surface area contributed by atoms with Gasteiger partial charge >= 0.3 is 6.18 Å². The topological polar surface area (TPSA) is 34.1 Å². The number of aromatic nitrogens is 1. The van der Waals surface area contributed by atoms with E-state index in [-0.39, 0.29) is 22.9 Å². The monoisotopic (exact) mass is 322 g/mol. The summed E-state index contributed by atoms with van der Waals surface area (Å²) < 4.78 is 44.7. The molecule has 1 N–H and O–H groups in total. The van der Waals surface area contributed by atoms with Crippen molar-refractivity contribution in [3.8, 4) is 0 Å². The van der Waals surface area contributed by atoms with Gasteiger partial charge in [0.25, 0.3) is 0 Å². The van der Waals surface area contributed by atoms with Crippen LogP contribution in [0.25, 0.3) is 0 Å². The molecule has 0 bridgehead atoms. The summed E-state index contributed by atoms with van der Waals surface area (Å²) in [5, 5.41) is 3.71. The lowest BCUT2D eigenvalue weighted by Gasteiger charge is -2.20. The Morgan fingerprint density at radius 2 is 1.86 bits per heavy atom. The second-order valence-corrected chi connectivity index (χ2v) is 7.43. The zero-order valence-electron chi connectivity index (χ0n) is 12.5. The van der Waals surface area contributed by atoms with Crippen LogP contribution in [0.1, 0.15) is 55.1 Å². The Hall–Kier alpha value is -0.660. The highest BCUT2D eigenvalue weighted by molar-refractivity contribution is 7.11. The van der Waals surface area contributed by atoms with Crippen LogP contribution in [0.5, 0.6) is 0 Å². The molecule has 1 aromatic heterocycles. The zero-order valence-corrected chi connectivity index (χ0v) is 13.3. The molecule has 0 radical (unpaired) electrons. The normalized spacial score (nSPS) is 18.2. The molecule has 2 heterocycles. The first-order chi connectivity index (χ1) is 9.67. The van der Waals surface area contributed by atoms with Gasteiger partial charge in [-0.2, -0.15) is 13.2 Å². The van der Waals surface area contributed by atoms with Crippen LogP contribution in [-0.2, 0) is 17.5 Å². The van der Waals surface area contributed by atoms with Crippen molar-refractivity contribution in [3.05, 3.63) is 15.6 Å². The first-order valence-electron chi connectivity index (χ1n) is 7.06. The van der Waals surface area contributed by atoms with Crippen LogP contribution in [0.4, 0.5) is 13.2 Å². The maximum absolute atomic E-state index is 13.1. The largest absolute Gasteiger partial charge is 0.434 e. The number of ether oxygens (including phenoxy) is 1. The highest BCUT2D eigenvalue weighted by Gasteiger charge is 2.38. The Kier molecular flexibility index (Phi) is 4.95. The van der Waals surface area contributed by atoms with E-state index in [4.69, 9.17) is 4.74 Å². The van der Waals surface area contributed by atoms with Gasteiger partial charge in [0.15, 0.2) is 5.69 Å². The molecule has 0 spiro atoms. The predicted octanol–water partition coefficient (Wildman–Crippen LogP) is 3.94. The third kappa shape index (κ3) is 4.66. The average molecular weight is 322 g/mol. The number of nitrogens with zero attached hydrogens (tertiary/aromatic N) is 1. The lowest BCUT2D eigenvalue weighted by molar-refractivity contribution is -0.141. The van der Waals surface area contributed by atoms with Crippen molar-refractivity contribution < 1.29 is 17.9 Å². The third-order valence-electron chi connectivity index (χ3n) is 3.33. The van der Waals surface area contributed by atoms with Crippen LogP contribution in [0, 0.1) is 0 Å². The number of hydrogen-bond donors (Lipinski definition) is 1. The lowest BCUT2D eigenvalue weighted by Crippen LogP contribution is -2.35. The maximum Gasteiger partial charge on any atom is 0.434 e. The van der Waals surface area contributed by atoms with E-state index in [0.717, 1.165) is 12.8 Å². The van der Waals surface area contributed by atoms with Crippen molar-refractivity contribution in [1.82, 2.24) is 10.3 Å². The van der Waals surface area contributed by atoms with Gasteiger partial charge in [-0.3, -0.25) is 0 Å². The van der Waals surface area contributed by atoms with Crippen molar-refractivity contribution in [2.75, 3.05) is 13.2 Å². The quantitative estimate of drug-likeness (QED) is 0.915. The number of hydrogen-bond acceptors (Lipinski definition) is 4. The van der Waals surface area contributed by atoms with Crippen molar-refractivity contribution >= 4 is 11.3 Å². The van der Waals surface area contributed by atoms with E-state index in [9.17, 15) is 13.2 Å². The molecular weight excluding hydrogens is 301 g/mol. The fourth-order valence-electron chi connectivity index (χ4n) is 2.18. The van der Waals surface area contributed by atoms with Gasteiger partial charge in [0.1, 0.15) is 0 Å². The molecule has 120 valence electrons. The Morgan fingerprint density at radius 1 is 1.24 bits per heavy atom. The van der Waals surface area contributed by atoms with Crippen molar-refractivity contribution in [2.24, 2.45) is 0 Å². The van der Waals surface area contributed by atoms with E-state index < -0.39 is 11.9 Å². The summed E-state index contributed by atoms with van der Waals surface area (Å²) in [5.41, 5.74) is -0.961. The standard InChI is InChI=1S/C14H21F3N2OS/c1-13(2,3)18-8-10-11(14(15,16)17)19-12(21-10)9-4-6-20-7-5-9/h9,18H,4-8H2,1-3H3. The van der Waals surface area contributed by atoms with E-state index >= 15 is 0 Å². The predicted molar refractivity (Wildman–Crippen MR) is 76.5 cm³/mol. The van der Waals surface area contributed by atoms with Crippen LogP contribution in [0.3, 0.4) is 0 Å². The smallest absolute Gasteiger partial charge is 0.381 e. The van der Waals surface area contributed by atoms with Gasteiger partial charge < -0.3 is 10.1 Å². The van der Waals surface area contributed by atoms with E-state index in [1.54, 1.807) is 0 Å². The summed E-state index contributed by atoms with van der Waals surface area (Å²) in [7, 11) is 0. The summed E-state index contributed by atoms with van der Waals surface area (Å²) in [6.45, 7) is 7.18. The molecule has 7 heteroatoms. The van der Waals surface area contributed by atoms with Gasteiger partial charge in [-0.05, 0) is 33.6 Å². The highest BCUT2D eigenvalue weighted by Crippen LogP contribution is 2.38. The number of thiazole rings is 1. The van der Waals surface area contributed by atoms with Gasteiger partial charge in [-0.25, -0.2) is 4.98 Å². The minimum absolute atomic E-state index is 0.0910. The SMILES string of the molecule is CC(C)(C)NCc1sc(C2CCOCC2)nc1C(F)(F)F. The molecule has 1 fully saturated rings. The molecule has 1 aliphatic heterocycles. The summed E-state index contributed by atoms with van der Waals surface area (Å²) in [5.74, 6) is 0.0910. The minimum Gasteiger partial charge on any atom is -0.381 e. The van der Waals surface area contributed by atoms with Crippen LogP contribution >= 0.6 is 11.3 Å². The molecule has 1 aliphatic rings. The van der Waals surface area contributed by atoms with Crippen LogP contribution in [0.2, 0.25) is 0 Å². The van der Waals surface area contributed by atoms with E-state index in [0.29, 0.717) is 18.2 Å². The molecule has 0 aliphatic carbocycles. The Morgan fingerprint density at radius 3 is 2.38 bits per heavy atom. The van der Waals surface area contributed by atoms with E-state index in [1.165, 1.54) is 11.3 Å². The Balaban J connectivity index is 2.22. The Bertz CT molecular complexity index is 474. The molecule has 3 nitrogen and oxygen atoms in total. The summed E-state index contributed by atoms with van der Waals surface area (Å²) in [4.78, 5) is 4.18. The summed E-state index contributed by atoms with van der Waals surface area (Å²) >= 11 is 1.18. The Labute approximate surface area is 126 Å². The second-order valence-electron chi connectivity index (χ2n) is 6.31. The molecule has 2 rings (SSSR count). The minimum atomic E-state index is -4.39. The number of halogens is 3. The van der Waals surface area contributed by atoms with Gasteiger partial charge in [0.2, 0.25) is 0 Å². The molecule has 1 saturated heterocycles. The van der Waals surface area contributed by atoms with E-state index in [1.807, 2.05) is 20.8 Å². The second kappa shape index (κ2) is 6.22. The first-order valence-corrected chi connectivity index (χ1v) is 7.88.